The Labute approximate surface area is 107 Å². The van der Waals surface area contributed by atoms with Crippen LogP contribution in [0.4, 0.5) is 0 Å². The number of nitrogens with one attached hydrogen (secondary N) is 1. The van der Waals surface area contributed by atoms with Gasteiger partial charge in [-0.1, -0.05) is 13.3 Å². The highest BCUT2D eigenvalue weighted by molar-refractivity contribution is 5.93. The zero-order valence-corrected chi connectivity index (χ0v) is 10.9. The van der Waals surface area contributed by atoms with E-state index < -0.39 is 0 Å². The molecule has 3 N–H and O–H groups in total. The van der Waals surface area contributed by atoms with E-state index in [0.717, 1.165) is 25.1 Å². The normalized spacial score (nSPS) is 10.3. The van der Waals surface area contributed by atoms with Gasteiger partial charge in [-0.25, -0.2) is 4.98 Å². The first-order valence-electron chi connectivity index (χ1n) is 6.04. The van der Waals surface area contributed by atoms with Crippen molar-refractivity contribution in [3.63, 3.8) is 0 Å². The fourth-order valence-electron chi connectivity index (χ4n) is 1.28. The minimum absolute atomic E-state index is 0.0930. The molecule has 0 aromatic carbocycles. The number of aromatic nitrogens is 2. The summed E-state index contributed by atoms with van der Waals surface area (Å²) >= 11 is 0. The van der Waals surface area contributed by atoms with Crippen LogP contribution in [0.3, 0.4) is 0 Å². The van der Waals surface area contributed by atoms with Crippen molar-refractivity contribution in [2.75, 3.05) is 19.8 Å². The summed E-state index contributed by atoms with van der Waals surface area (Å²) in [5.41, 5.74) is 6.47. The molecule has 0 radical (unpaired) electrons. The van der Waals surface area contributed by atoms with Crippen molar-refractivity contribution in [1.82, 2.24) is 9.97 Å². The molecule has 6 heteroatoms. The predicted octanol–water partition coefficient (Wildman–Crippen LogP) is 1.26. The highest BCUT2D eigenvalue weighted by Crippen LogP contribution is 2.06. The molecule has 6 nitrogen and oxygen atoms in total. The highest BCUT2D eigenvalue weighted by Gasteiger charge is 2.05. The van der Waals surface area contributed by atoms with Crippen molar-refractivity contribution in [2.45, 2.75) is 26.7 Å². The first kappa shape index (κ1) is 14.4. The lowest BCUT2D eigenvalue weighted by atomic mass is 10.3. The van der Waals surface area contributed by atoms with Gasteiger partial charge in [0.1, 0.15) is 18.1 Å². The Hall–Kier alpha value is -1.69. The Bertz CT molecular complexity index is 396. The third kappa shape index (κ3) is 5.09. The number of unbranched alkanes of at least 4 members (excludes halogenated alkanes) is 1. The lowest BCUT2D eigenvalue weighted by Crippen LogP contribution is -2.16. The Morgan fingerprint density at radius 2 is 2.11 bits per heavy atom. The third-order valence-electron chi connectivity index (χ3n) is 2.21. The smallest absolute Gasteiger partial charge is 0.317 e. The molecule has 0 saturated carbocycles. The van der Waals surface area contributed by atoms with Crippen LogP contribution in [0.2, 0.25) is 0 Å². The van der Waals surface area contributed by atoms with Crippen LogP contribution in [0.5, 0.6) is 6.01 Å². The van der Waals surface area contributed by atoms with Gasteiger partial charge in [-0.05, 0) is 19.4 Å². The summed E-state index contributed by atoms with van der Waals surface area (Å²) in [6, 6.07) is 1.88. The maximum atomic E-state index is 7.33. The first-order valence-corrected chi connectivity index (χ1v) is 6.04. The van der Waals surface area contributed by atoms with Crippen molar-refractivity contribution in [3.05, 3.63) is 17.5 Å². The molecular formula is C12H20N4O2. The third-order valence-corrected chi connectivity index (χ3v) is 2.21. The molecular weight excluding hydrogens is 232 g/mol. The fraction of sp³-hybridized carbons (Fsp3) is 0.583. The van der Waals surface area contributed by atoms with Gasteiger partial charge in [-0.15, -0.1) is 0 Å². The molecule has 0 spiro atoms. The van der Waals surface area contributed by atoms with Crippen LogP contribution >= 0.6 is 0 Å². The molecule has 0 unspecified atom stereocenters. The standard InChI is InChI=1S/C12H20N4O2/c1-3-4-5-17-6-7-18-12-15-9(2)8-10(16-12)11(13)14/h8H,3-7H2,1-2H3,(H3,13,14). The van der Waals surface area contributed by atoms with Crippen molar-refractivity contribution in [3.8, 4) is 6.01 Å². The van der Waals surface area contributed by atoms with Gasteiger partial charge < -0.3 is 15.2 Å². The molecule has 0 saturated heterocycles. The molecule has 1 rings (SSSR count). The average Bonchev–Trinajstić information content (AvgIpc) is 2.33. The first-order chi connectivity index (χ1) is 8.63. The molecule has 1 heterocycles. The summed E-state index contributed by atoms with van der Waals surface area (Å²) in [5, 5.41) is 7.33. The maximum absolute atomic E-state index is 7.33. The van der Waals surface area contributed by atoms with Gasteiger partial charge in [-0.3, -0.25) is 5.41 Å². The predicted molar refractivity (Wildman–Crippen MR) is 69.0 cm³/mol. The topological polar surface area (TPSA) is 94.1 Å². The SMILES string of the molecule is CCCCOCCOc1nc(C)cc(C(=N)N)n1. The van der Waals surface area contributed by atoms with Gasteiger partial charge in [-0.2, -0.15) is 4.98 Å². The van der Waals surface area contributed by atoms with Crippen molar-refractivity contribution < 1.29 is 9.47 Å². The van der Waals surface area contributed by atoms with Crippen LogP contribution in [0, 0.1) is 12.3 Å². The number of nitrogens with two attached hydrogens (primary N) is 1. The number of rotatable bonds is 8. The number of hydrogen-bond acceptors (Lipinski definition) is 5. The molecule has 0 aliphatic carbocycles. The zero-order valence-electron chi connectivity index (χ0n) is 10.9. The van der Waals surface area contributed by atoms with Crippen molar-refractivity contribution in [2.24, 2.45) is 5.73 Å². The monoisotopic (exact) mass is 252 g/mol. The summed E-state index contributed by atoms with van der Waals surface area (Å²) in [5.74, 6) is -0.0930. The summed E-state index contributed by atoms with van der Waals surface area (Å²) in [7, 11) is 0. The van der Waals surface area contributed by atoms with Crippen LogP contribution in [0.15, 0.2) is 6.07 Å². The lowest BCUT2D eigenvalue weighted by molar-refractivity contribution is 0.0947. The molecule has 18 heavy (non-hydrogen) atoms. The number of nitrogens with zero attached hydrogens (tertiary/aromatic N) is 2. The van der Waals surface area contributed by atoms with E-state index in [1.165, 1.54) is 0 Å². The Morgan fingerprint density at radius 1 is 1.33 bits per heavy atom. The Balaban J connectivity index is 2.40. The summed E-state index contributed by atoms with van der Waals surface area (Å²) in [6.45, 7) is 5.56. The molecule has 0 amide bonds. The van der Waals surface area contributed by atoms with E-state index in [0.29, 0.717) is 18.9 Å². The van der Waals surface area contributed by atoms with Crippen LogP contribution in [-0.4, -0.2) is 35.6 Å². The van der Waals surface area contributed by atoms with Crippen LogP contribution < -0.4 is 10.5 Å². The van der Waals surface area contributed by atoms with Gasteiger partial charge in [0.2, 0.25) is 0 Å². The van der Waals surface area contributed by atoms with Crippen molar-refractivity contribution in [1.29, 1.82) is 5.41 Å². The minimum Gasteiger partial charge on any atom is -0.461 e. The van der Waals surface area contributed by atoms with Gasteiger partial charge in [0.15, 0.2) is 0 Å². The largest absolute Gasteiger partial charge is 0.461 e. The van der Waals surface area contributed by atoms with E-state index in [1.807, 2.05) is 0 Å². The average molecular weight is 252 g/mol. The molecule has 1 aromatic heterocycles. The maximum Gasteiger partial charge on any atom is 0.317 e. The van der Waals surface area contributed by atoms with E-state index in [9.17, 15) is 0 Å². The second-order valence-electron chi connectivity index (χ2n) is 3.91. The molecule has 1 aromatic rings. The number of hydrogen-bond donors (Lipinski definition) is 2. The second-order valence-corrected chi connectivity index (χ2v) is 3.91. The second kappa shape index (κ2) is 7.60. The van der Waals surface area contributed by atoms with Crippen LogP contribution in [0.1, 0.15) is 31.2 Å². The minimum atomic E-state index is -0.0930. The molecule has 100 valence electrons. The number of nitrogen functional groups attached to an aromatic ring is 1. The van der Waals surface area contributed by atoms with Gasteiger partial charge in [0.25, 0.3) is 0 Å². The Morgan fingerprint density at radius 3 is 2.78 bits per heavy atom. The van der Waals surface area contributed by atoms with Gasteiger partial charge >= 0.3 is 6.01 Å². The van der Waals surface area contributed by atoms with Crippen LogP contribution in [-0.2, 0) is 4.74 Å². The summed E-state index contributed by atoms with van der Waals surface area (Å²) in [6.07, 6.45) is 2.17. The van der Waals surface area contributed by atoms with E-state index in [-0.39, 0.29) is 11.8 Å². The summed E-state index contributed by atoms with van der Waals surface area (Å²) in [4.78, 5) is 8.14. The molecule has 0 aliphatic heterocycles. The number of ether oxygens (including phenoxy) is 2. The van der Waals surface area contributed by atoms with E-state index >= 15 is 0 Å². The number of aryl methyl sites for hydroxylation is 1. The molecule has 0 aliphatic rings. The van der Waals surface area contributed by atoms with Crippen molar-refractivity contribution >= 4 is 5.84 Å². The number of amidine groups is 1. The van der Waals surface area contributed by atoms with E-state index in [1.54, 1.807) is 13.0 Å². The summed E-state index contributed by atoms with van der Waals surface area (Å²) < 4.78 is 10.7. The fourth-order valence-corrected chi connectivity index (χ4v) is 1.28. The van der Waals surface area contributed by atoms with E-state index in [2.05, 4.69) is 16.9 Å². The molecule has 0 atom stereocenters. The van der Waals surface area contributed by atoms with E-state index in [4.69, 9.17) is 20.6 Å². The zero-order chi connectivity index (χ0) is 13.4. The Kier molecular flexibility index (Phi) is 6.07. The molecule has 0 fully saturated rings. The van der Waals surface area contributed by atoms with Gasteiger partial charge in [0, 0.05) is 12.3 Å². The lowest BCUT2D eigenvalue weighted by Gasteiger charge is -2.07. The van der Waals surface area contributed by atoms with Crippen LogP contribution in [0.25, 0.3) is 0 Å². The highest BCUT2D eigenvalue weighted by atomic mass is 16.5. The quantitative estimate of drug-likeness (QED) is 0.412. The van der Waals surface area contributed by atoms with Gasteiger partial charge in [0.05, 0.1) is 6.61 Å². The molecule has 0 bridgehead atoms.